The molecule has 1 saturated heterocycles. The van der Waals surface area contributed by atoms with Crippen molar-refractivity contribution < 1.29 is 28.2 Å². The smallest absolute Gasteiger partial charge is 0.345 e. The molecule has 0 bridgehead atoms. The van der Waals surface area contributed by atoms with Gasteiger partial charge in [-0.3, -0.25) is 14.2 Å². The lowest BCUT2D eigenvalue weighted by Crippen LogP contribution is -2.31. The van der Waals surface area contributed by atoms with Crippen molar-refractivity contribution in [1.82, 2.24) is 9.34 Å². The number of likely N-dealkylation sites (N-methyl/N-ethyl adjacent to an activating group) is 2. The summed E-state index contributed by atoms with van der Waals surface area (Å²) >= 11 is 0. The number of esters is 2. The van der Waals surface area contributed by atoms with Crippen LogP contribution in [0, 0.1) is 0 Å². The van der Waals surface area contributed by atoms with Gasteiger partial charge >= 0.3 is 19.6 Å². The largest absolute Gasteiger partial charge is 0.462 e. The number of hydrogen-bond acceptors (Lipinski definition) is 6. The van der Waals surface area contributed by atoms with Gasteiger partial charge in [0.05, 0.1) is 6.61 Å². The van der Waals surface area contributed by atoms with Crippen molar-refractivity contribution in [3.05, 3.63) is 0 Å². The Balaban J connectivity index is 2.25. The Morgan fingerprint density at radius 2 is 0.854 bits per heavy atom. The molecule has 48 heavy (non-hydrogen) atoms. The van der Waals surface area contributed by atoms with Crippen molar-refractivity contribution >= 4 is 19.6 Å². The monoisotopic (exact) mass is 701 g/mol. The van der Waals surface area contributed by atoms with Gasteiger partial charge in [0.1, 0.15) is 6.61 Å². The van der Waals surface area contributed by atoms with E-state index in [-0.39, 0.29) is 25.2 Å². The number of nitrogens with zero attached hydrogens (tertiary/aromatic N) is 2. The number of carbonyl (C=O) groups is 2. The lowest BCUT2D eigenvalue weighted by Gasteiger charge is -2.26. The third kappa shape index (κ3) is 23.5. The number of ether oxygens (including phenoxy) is 2. The zero-order chi connectivity index (χ0) is 35.1. The highest BCUT2D eigenvalue weighted by atomic mass is 31.2. The van der Waals surface area contributed by atoms with Crippen LogP contribution in [0.1, 0.15) is 194 Å². The van der Waals surface area contributed by atoms with E-state index in [1.807, 2.05) is 0 Å². The molecule has 0 radical (unpaired) electrons. The zero-order valence-corrected chi connectivity index (χ0v) is 32.9. The maximum Gasteiger partial charge on any atom is 0.345 e. The fourth-order valence-electron chi connectivity index (χ4n) is 6.37. The van der Waals surface area contributed by atoms with Crippen LogP contribution in [0.3, 0.4) is 0 Å². The first kappa shape index (κ1) is 45.1. The Bertz CT molecular complexity index is 814. The molecule has 1 aliphatic heterocycles. The minimum absolute atomic E-state index is 0.0671. The Kier molecular flexibility index (Phi) is 29.0. The summed E-state index contributed by atoms with van der Waals surface area (Å²) in [5.41, 5.74) is 0. The van der Waals surface area contributed by atoms with E-state index in [1.54, 1.807) is 23.4 Å². The molecule has 0 aromatic heterocycles. The summed E-state index contributed by atoms with van der Waals surface area (Å²) in [7, 11) is 0.390. The predicted octanol–water partition coefficient (Wildman–Crippen LogP) is 11.4. The number of hydrogen-bond donors (Lipinski definition) is 0. The van der Waals surface area contributed by atoms with Gasteiger partial charge in [-0.25, -0.2) is 9.34 Å². The fourth-order valence-corrected chi connectivity index (χ4v) is 8.33. The average Bonchev–Trinajstić information content (AvgIpc) is 3.33. The van der Waals surface area contributed by atoms with Crippen molar-refractivity contribution in [2.75, 3.05) is 40.4 Å². The summed E-state index contributed by atoms with van der Waals surface area (Å²) in [4.78, 5) is 25.2. The van der Waals surface area contributed by atoms with E-state index in [1.165, 1.54) is 128 Å². The zero-order valence-electron chi connectivity index (χ0n) is 32.0. The van der Waals surface area contributed by atoms with Crippen LogP contribution in [0.15, 0.2) is 0 Å². The van der Waals surface area contributed by atoms with E-state index < -0.39 is 13.8 Å². The Morgan fingerprint density at radius 1 is 0.521 bits per heavy atom. The normalized spacial score (nSPS) is 15.6. The van der Waals surface area contributed by atoms with E-state index >= 15 is 0 Å². The Labute approximate surface area is 296 Å². The molecule has 9 heteroatoms. The van der Waals surface area contributed by atoms with Gasteiger partial charge in [-0.05, 0) is 26.9 Å². The third-order valence-electron chi connectivity index (χ3n) is 9.74. The first-order valence-corrected chi connectivity index (χ1v) is 21.9. The minimum Gasteiger partial charge on any atom is -0.462 e. The van der Waals surface area contributed by atoms with E-state index in [0.717, 1.165) is 38.5 Å². The summed E-state index contributed by atoms with van der Waals surface area (Å²) in [5.74, 6) is -0.594. The van der Waals surface area contributed by atoms with Crippen LogP contribution in [-0.2, 0) is 28.2 Å². The van der Waals surface area contributed by atoms with Crippen LogP contribution in [0.4, 0.5) is 0 Å². The molecule has 0 spiro atoms. The van der Waals surface area contributed by atoms with E-state index in [4.69, 9.17) is 14.0 Å². The highest BCUT2D eigenvalue weighted by Gasteiger charge is 2.40. The number of unbranched alkanes of at least 4 members (excludes halogenated alkanes) is 24. The minimum atomic E-state index is -3.16. The summed E-state index contributed by atoms with van der Waals surface area (Å²) in [6, 6.07) is 0. The highest BCUT2D eigenvalue weighted by Crippen LogP contribution is 2.55. The molecule has 1 aliphatic rings. The third-order valence-corrected chi connectivity index (χ3v) is 12.3. The average molecular weight is 701 g/mol. The lowest BCUT2D eigenvalue weighted by atomic mass is 10.0. The fraction of sp³-hybridized carbons (Fsp3) is 0.949. The van der Waals surface area contributed by atoms with Crippen molar-refractivity contribution in [2.24, 2.45) is 0 Å². The summed E-state index contributed by atoms with van der Waals surface area (Å²) in [6.45, 7) is 5.67. The van der Waals surface area contributed by atoms with Gasteiger partial charge in [0.15, 0.2) is 6.10 Å². The maximum absolute atomic E-state index is 13.3. The molecule has 0 aromatic carbocycles. The lowest BCUT2D eigenvalue weighted by molar-refractivity contribution is -0.161. The molecule has 0 saturated carbocycles. The molecule has 1 atom stereocenters. The van der Waals surface area contributed by atoms with Crippen LogP contribution < -0.4 is 0 Å². The molecular weight excluding hydrogens is 623 g/mol. The van der Waals surface area contributed by atoms with E-state index in [0.29, 0.717) is 25.9 Å². The molecule has 1 fully saturated rings. The van der Waals surface area contributed by atoms with Crippen molar-refractivity contribution in [3.8, 4) is 0 Å². The number of carbonyl (C=O) groups excluding carboxylic acids is 2. The highest BCUT2D eigenvalue weighted by molar-refractivity contribution is 7.54. The van der Waals surface area contributed by atoms with Crippen LogP contribution in [0.25, 0.3) is 0 Å². The van der Waals surface area contributed by atoms with Crippen molar-refractivity contribution in [2.45, 2.75) is 200 Å². The molecule has 0 N–H and O–H groups in total. The molecule has 0 amide bonds. The summed E-state index contributed by atoms with van der Waals surface area (Å²) in [5, 5.41) is 0. The molecule has 1 heterocycles. The SMILES string of the molecule is CCCCCCCCCCCCCCCC(=O)OCC(COP1(=O)N(C)CCN1C)OC(=O)CCCCCCCCCCCCCCC. The van der Waals surface area contributed by atoms with Gasteiger partial charge < -0.3 is 14.0 Å². The van der Waals surface area contributed by atoms with Crippen LogP contribution >= 0.6 is 7.67 Å². The second-order valence-electron chi connectivity index (χ2n) is 14.3. The molecule has 8 nitrogen and oxygen atoms in total. The molecule has 1 unspecified atom stereocenters. The molecule has 0 aliphatic carbocycles. The quantitative estimate of drug-likeness (QED) is 0.0372. The summed E-state index contributed by atoms with van der Waals surface area (Å²) < 4.78 is 33.8. The van der Waals surface area contributed by atoms with Gasteiger partial charge in [0.25, 0.3) is 0 Å². The molecular formula is C39H77N2O6P. The van der Waals surface area contributed by atoms with Gasteiger partial charge in [-0.15, -0.1) is 0 Å². The first-order valence-electron chi connectivity index (χ1n) is 20.4. The van der Waals surface area contributed by atoms with Gasteiger partial charge in [-0.2, -0.15) is 0 Å². The second-order valence-corrected chi connectivity index (χ2v) is 16.9. The standard InChI is InChI=1S/C39H77N2O6P/c1-5-7-9-11-13-15-17-19-21-23-25-27-29-31-38(42)45-35-37(36-46-48(44)40(3)33-34-41(48)4)47-39(43)32-30-28-26-24-22-20-18-16-14-12-10-8-6-2/h37H,5-36H2,1-4H3. The van der Waals surface area contributed by atoms with Crippen molar-refractivity contribution in [1.29, 1.82) is 0 Å². The Morgan fingerprint density at radius 3 is 1.23 bits per heavy atom. The molecule has 0 aromatic rings. The number of rotatable bonds is 34. The topological polar surface area (TPSA) is 85.4 Å². The summed E-state index contributed by atoms with van der Waals surface area (Å²) in [6.07, 6.45) is 32.5. The first-order chi connectivity index (χ1) is 23.3. The van der Waals surface area contributed by atoms with Gasteiger partial charge in [-0.1, -0.05) is 168 Å². The molecule has 1 rings (SSSR count). The van der Waals surface area contributed by atoms with E-state index in [9.17, 15) is 14.2 Å². The molecule has 284 valence electrons. The van der Waals surface area contributed by atoms with E-state index in [2.05, 4.69) is 13.8 Å². The van der Waals surface area contributed by atoms with Crippen molar-refractivity contribution in [3.63, 3.8) is 0 Å². The van der Waals surface area contributed by atoms with Crippen LogP contribution in [0.2, 0.25) is 0 Å². The second kappa shape index (κ2) is 30.8. The maximum atomic E-state index is 13.3. The van der Waals surface area contributed by atoms with Gasteiger partial charge in [0.2, 0.25) is 0 Å². The van der Waals surface area contributed by atoms with Crippen LogP contribution in [-0.4, -0.2) is 67.8 Å². The Hall–Kier alpha value is -0.950. The van der Waals surface area contributed by atoms with Gasteiger partial charge in [0, 0.05) is 25.9 Å². The predicted molar refractivity (Wildman–Crippen MR) is 200 cm³/mol. The van der Waals surface area contributed by atoms with Crippen LogP contribution in [0.5, 0.6) is 0 Å².